The number of aryl methyl sites for hydroxylation is 1. The summed E-state index contributed by atoms with van der Waals surface area (Å²) in [5.74, 6) is -1.51. The molecule has 1 heterocycles. The van der Waals surface area contributed by atoms with Crippen LogP contribution in [0, 0.1) is 6.92 Å². The Bertz CT molecular complexity index is 1150. The van der Waals surface area contributed by atoms with Crippen molar-refractivity contribution >= 4 is 39.2 Å². The lowest BCUT2D eigenvalue weighted by Crippen LogP contribution is -2.49. The number of hydrogen-bond donors (Lipinski definition) is 2. The topological polar surface area (TPSA) is 122 Å². The van der Waals surface area contributed by atoms with Gasteiger partial charge in [-0.05, 0) is 69.5 Å². The zero-order chi connectivity index (χ0) is 24.9. The van der Waals surface area contributed by atoms with E-state index in [0.717, 1.165) is 5.56 Å². The van der Waals surface area contributed by atoms with Gasteiger partial charge in [0.15, 0.2) is 6.10 Å². The fourth-order valence-corrected chi connectivity index (χ4v) is 5.31. The standard InChI is InChI=1S/C24H29N3O6S/c1-16-7-13-21(14-8-16)34(31,32)27-15-5-4-6-22(27)24(30)33-17(2)23(29)26-20-11-9-19(10-12-20)25-18(3)28/h7-14,17,22H,4-6,15H2,1-3H3,(H,25,28)(H,26,29)/t17-,22+/m0/s1. The van der Waals surface area contributed by atoms with Gasteiger partial charge < -0.3 is 15.4 Å². The monoisotopic (exact) mass is 487 g/mol. The van der Waals surface area contributed by atoms with Crippen molar-refractivity contribution in [3.8, 4) is 0 Å². The van der Waals surface area contributed by atoms with E-state index in [1.807, 2.05) is 6.92 Å². The third kappa shape index (κ3) is 6.21. The maximum absolute atomic E-state index is 13.2. The molecule has 10 heteroatoms. The maximum atomic E-state index is 13.2. The van der Waals surface area contributed by atoms with Gasteiger partial charge in [0.25, 0.3) is 5.91 Å². The number of sulfonamides is 1. The third-order valence-electron chi connectivity index (χ3n) is 5.49. The van der Waals surface area contributed by atoms with E-state index >= 15 is 0 Å². The Morgan fingerprint density at radius 1 is 0.971 bits per heavy atom. The predicted octanol–water partition coefficient (Wildman–Crippen LogP) is 3.07. The fraction of sp³-hybridized carbons (Fsp3) is 0.375. The number of benzene rings is 2. The molecule has 182 valence electrons. The SMILES string of the molecule is CC(=O)Nc1ccc(NC(=O)[C@H](C)OC(=O)[C@H]2CCCCN2S(=O)(=O)c2ccc(C)cc2)cc1. The van der Waals surface area contributed by atoms with Gasteiger partial charge in [-0.3, -0.25) is 14.4 Å². The molecular weight excluding hydrogens is 458 g/mol. The predicted molar refractivity (Wildman–Crippen MR) is 128 cm³/mol. The molecule has 3 rings (SSSR count). The lowest BCUT2D eigenvalue weighted by Gasteiger charge is -2.33. The molecule has 0 aromatic heterocycles. The third-order valence-corrected chi connectivity index (χ3v) is 7.41. The molecule has 0 radical (unpaired) electrons. The fourth-order valence-electron chi connectivity index (χ4n) is 3.66. The van der Waals surface area contributed by atoms with Crippen molar-refractivity contribution in [1.29, 1.82) is 0 Å². The average Bonchev–Trinajstić information content (AvgIpc) is 2.80. The van der Waals surface area contributed by atoms with E-state index in [-0.39, 0.29) is 17.3 Å². The van der Waals surface area contributed by atoms with Gasteiger partial charge in [0.1, 0.15) is 6.04 Å². The smallest absolute Gasteiger partial charge is 0.325 e. The number of carbonyl (C=O) groups excluding carboxylic acids is 3. The molecule has 0 spiro atoms. The van der Waals surface area contributed by atoms with Crippen LogP contribution in [0.15, 0.2) is 53.4 Å². The number of rotatable bonds is 7. The minimum absolute atomic E-state index is 0.117. The molecule has 2 atom stereocenters. The number of nitrogens with one attached hydrogen (secondary N) is 2. The van der Waals surface area contributed by atoms with Gasteiger partial charge in [0.05, 0.1) is 4.90 Å². The van der Waals surface area contributed by atoms with Crippen LogP contribution in [0.5, 0.6) is 0 Å². The number of hydrogen-bond acceptors (Lipinski definition) is 6. The number of amides is 2. The Labute approximate surface area is 199 Å². The molecule has 0 bridgehead atoms. The minimum Gasteiger partial charge on any atom is -0.451 e. The summed E-state index contributed by atoms with van der Waals surface area (Å²) in [5.41, 5.74) is 1.97. The summed E-state index contributed by atoms with van der Waals surface area (Å²) < 4.78 is 32.9. The minimum atomic E-state index is -3.89. The molecule has 2 aromatic carbocycles. The molecule has 0 saturated carbocycles. The second-order valence-electron chi connectivity index (χ2n) is 8.27. The molecule has 1 aliphatic heterocycles. The Morgan fingerprint density at radius 2 is 1.56 bits per heavy atom. The molecule has 0 unspecified atom stereocenters. The first kappa shape index (κ1) is 25.4. The van der Waals surface area contributed by atoms with Crippen molar-refractivity contribution < 1.29 is 27.5 Å². The van der Waals surface area contributed by atoms with Gasteiger partial charge in [0.2, 0.25) is 15.9 Å². The molecule has 2 amide bonds. The highest BCUT2D eigenvalue weighted by atomic mass is 32.2. The summed E-state index contributed by atoms with van der Waals surface area (Å²) in [6.45, 7) is 4.89. The van der Waals surface area contributed by atoms with Crippen LogP contribution in [0.25, 0.3) is 0 Å². The summed E-state index contributed by atoms with van der Waals surface area (Å²) in [5, 5.41) is 5.27. The van der Waals surface area contributed by atoms with Crippen LogP contribution in [0.2, 0.25) is 0 Å². The van der Waals surface area contributed by atoms with E-state index in [2.05, 4.69) is 10.6 Å². The normalized spacial score (nSPS) is 17.4. The Kier molecular flexibility index (Phi) is 8.06. The highest BCUT2D eigenvalue weighted by molar-refractivity contribution is 7.89. The average molecular weight is 488 g/mol. The summed E-state index contributed by atoms with van der Waals surface area (Å²) in [6.07, 6.45) is 0.511. The Balaban J connectivity index is 1.65. The zero-order valence-electron chi connectivity index (χ0n) is 19.4. The molecular formula is C24H29N3O6S. The van der Waals surface area contributed by atoms with Crippen molar-refractivity contribution in [3.63, 3.8) is 0 Å². The number of ether oxygens (including phenoxy) is 1. The van der Waals surface area contributed by atoms with Crippen molar-refractivity contribution in [3.05, 3.63) is 54.1 Å². The first-order valence-electron chi connectivity index (χ1n) is 11.1. The van der Waals surface area contributed by atoms with Crippen LogP contribution < -0.4 is 10.6 Å². The van der Waals surface area contributed by atoms with Gasteiger partial charge >= 0.3 is 5.97 Å². The van der Waals surface area contributed by atoms with E-state index < -0.39 is 34.0 Å². The number of esters is 1. The summed E-state index contributed by atoms with van der Waals surface area (Å²) in [4.78, 5) is 36.7. The molecule has 34 heavy (non-hydrogen) atoms. The van der Waals surface area contributed by atoms with Crippen molar-refractivity contribution in [2.45, 2.75) is 57.1 Å². The van der Waals surface area contributed by atoms with Crippen LogP contribution in [0.1, 0.15) is 38.7 Å². The van der Waals surface area contributed by atoms with Gasteiger partial charge in [-0.1, -0.05) is 17.7 Å². The van der Waals surface area contributed by atoms with Gasteiger partial charge in [-0.15, -0.1) is 0 Å². The zero-order valence-corrected chi connectivity index (χ0v) is 20.2. The number of nitrogens with zero attached hydrogens (tertiary/aromatic N) is 1. The lowest BCUT2D eigenvalue weighted by atomic mass is 10.1. The highest BCUT2D eigenvalue weighted by Gasteiger charge is 2.39. The molecule has 0 aliphatic carbocycles. The number of carbonyl (C=O) groups is 3. The first-order chi connectivity index (χ1) is 16.1. The van der Waals surface area contributed by atoms with Crippen LogP contribution >= 0.6 is 0 Å². The summed E-state index contributed by atoms with van der Waals surface area (Å²) in [6, 6.07) is 11.9. The van der Waals surface area contributed by atoms with Crippen molar-refractivity contribution in [2.75, 3.05) is 17.2 Å². The van der Waals surface area contributed by atoms with Crippen LogP contribution in [-0.4, -0.2) is 49.2 Å². The first-order valence-corrected chi connectivity index (χ1v) is 12.5. The number of anilines is 2. The number of piperidine rings is 1. The van der Waals surface area contributed by atoms with E-state index in [0.29, 0.717) is 30.6 Å². The van der Waals surface area contributed by atoms with E-state index in [9.17, 15) is 22.8 Å². The van der Waals surface area contributed by atoms with Crippen molar-refractivity contribution in [1.82, 2.24) is 4.31 Å². The van der Waals surface area contributed by atoms with Crippen molar-refractivity contribution in [2.24, 2.45) is 0 Å². The molecule has 2 aromatic rings. The van der Waals surface area contributed by atoms with Gasteiger partial charge in [-0.2, -0.15) is 4.31 Å². The van der Waals surface area contributed by atoms with Crippen LogP contribution in [0.3, 0.4) is 0 Å². The molecule has 1 fully saturated rings. The molecule has 9 nitrogen and oxygen atoms in total. The molecule has 1 aliphatic rings. The highest BCUT2D eigenvalue weighted by Crippen LogP contribution is 2.27. The summed E-state index contributed by atoms with van der Waals surface area (Å²) >= 11 is 0. The second-order valence-corrected chi connectivity index (χ2v) is 10.2. The second kappa shape index (κ2) is 10.8. The van der Waals surface area contributed by atoms with E-state index in [4.69, 9.17) is 4.74 Å². The quantitative estimate of drug-likeness (QED) is 0.579. The largest absolute Gasteiger partial charge is 0.451 e. The van der Waals surface area contributed by atoms with E-state index in [1.54, 1.807) is 36.4 Å². The van der Waals surface area contributed by atoms with Crippen LogP contribution in [-0.2, 0) is 29.1 Å². The van der Waals surface area contributed by atoms with E-state index in [1.165, 1.54) is 30.3 Å². The molecule has 1 saturated heterocycles. The summed E-state index contributed by atoms with van der Waals surface area (Å²) in [7, 11) is -3.89. The van der Waals surface area contributed by atoms with Gasteiger partial charge in [-0.25, -0.2) is 8.42 Å². The molecule has 2 N–H and O–H groups in total. The maximum Gasteiger partial charge on any atom is 0.325 e. The van der Waals surface area contributed by atoms with Gasteiger partial charge in [0, 0.05) is 24.8 Å². The Hall–Kier alpha value is -3.24. The Morgan fingerprint density at radius 3 is 2.15 bits per heavy atom. The van der Waals surface area contributed by atoms with Crippen LogP contribution in [0.4, 0.5) is 11.4 Å². The lowest BCUT2D eigenvalue weighted by molar-refractivity contribution is -0.157.